The molecule has 0 aliphatic carbocycles. The normalized spacial score (nSPS) is 17.2. The second kappa shape index (κ2) is 4.81. The van der Waals surface area contributed by atoms with Crippen molar-refractivity contribution in [3.05, 3.63) is 23.5 Å². The average molecular weight is 207 g/mol. The van der Waals surface area contributed by atoms with E-state index in [1.807, 2.05) is 0 Å². The number of rotatable bonds is 2. The summed E-state index contributed by atoms with van der Waals surface area (Å²) in [5.74, 6) is -0.748. The van der Waals surface area contributed by atoms with Crippen molar-refractivity contribution in [2.24, 2.45) is 0 Å². The summed E-state index contributed by atoms with van der Waals surface area (Å²) >= 11 is 0. The van der Waals surface area contributed by atoms with Crippen LogP contribution in [0.5, 0.6) is 0 Å². The largest absolute Gasteiger partial charge is 0.462 e. The maximum Gasteiger partial charge on any atom is 0.351 e. The lowest BCUT2D eigenvalue weighted by molar-refractivity contribution is -0.138. The van der Waals surface area contributed by atoms with Gasteiger partial charge in [-0.2, -0.15) is 5.26 Å². The average Bonchev–Trinajstić information content (AvgIpc) is 2.19. The highest BCUT2D eigenvalue weighted by molar-refractivity contribution is 5.95. The Balaban J connectivity index is 2.98. The minimum atomic E-state index is -0.748. The smallest absolute Gasteiger partial charge is 0.351 e. The van der Waals surface area contributed by atoms with Crippen molar-refractivity contribution in [3.8, 4) is 6.07 Å². The number of allylic oxidation sites excluding steroid dienone is 1. The fraction of sp³-hybridized carbons (Fsp3) is 0.222. The van der Waals surface area contributed by atoms with E-state index in [-0.39, 0.29) is 17.9 Å². The molecule has 1 rings (SSSR count). The molecule has 2 N–H and O–H groups in total. The Kier molecular flexibility index (Phi) is 3.46. The summed E-state index contributed by atoms with van der Waals surface area (Å²) in [6.45, 7) is 1.81. The van der Waals surface area contributed by atoms with Crippen LogP contribution in [0.4, 0.5) is 4.79 Å². The molecular formula is C9H9N3O3. The summed E-state index contributed by atoms with van der Waals surface area (Å²) in [4.78, 5) is 22.2. The monoisotopic (exact) mass is 207 g/mol. The molecule has 0 saturated carbocycles. The molecule has 0 saturated heterocycles. The third-order valence-electron chi connectivity index (χ3n) is 1.57. The Bertz CT molecular complexity index is 390. The topological polar surface area (TPSA) is 91.2 Å². The third-order valence-corrected chi connectivity index (χ3v) is 1.57. The molecule has 0 bridgehead atoms. The van der Waals surface area contributed by atoms with Gasteiger partial charge in [-0.25, -0.2) is 9.59 Å². The zero-order valence-corrected chi connectivity index (χ0v) is 8.03. The number of hydrogen-bond donors (Lipinski definition) is 2. The van der Waals surface area contributed by atoms with Gasteiger partial charge in [-0.15, -0.1) is 0 Å². The molecular weight excluding hydrogens is 198 g/mol. The summed E-state index contributed by atoms with van der Waals surface area (Å²) in [7, 11) is 0. The molecule has 0 aromatic rings. The lowest BCUT2D eigenvalue weighted by Crippen LogP contribution is -2.35. The quantitative estimate of drug-likeness (QED) is 0.383. The highest BCUT2D eigenvalue weighted by Gasteiger charge is 2.18. The van der Waals surface area contributed by atoms with Crippen LogP contribution in [0.15, 0.2) is 23.5 Å². The highest BCUT2D eigenvalue weighted by atomic mass is 16.5. The summed E-state index contributed by atoms with van der Waals surface area (Å²) in [5, 5.41) is 13.4. The van der Waals surface area contributed by atoms with Crippen LogP contribution >= 0.6 is 0 Å². The molecule has 0 spiro atoms. The highest BCUT2D eigenvalue weighted by Crippen LogP contribution is 2.06. The van der Waals surface area contributed by atoms with E-state index in [1.165, 1.54) is 12.3 Å². The molecule has 6 heteroatoms. The minimum Gasteiger partial charge on any atom is -0.462 e. The number of nitrogens with one attached hydrogen (secondary N) is 2. The summed E-state index contributed by atoms with van der Waals surface area (Å²) in [6, 6.07) is 1.19. The number of nitriles is 1. The van der Waals surface area contributed by atoms with Crippen LogP contribution in [0.1, 0.15) is 6.92 Å². The van der Waals surface area contributed by atoms with Crippen molar-refractivity contribution in [3.63, 3.8) is 0 Å². The second-order valence-corrected chi connectivity index (χ2v) is 2.55. The number of esters is 1. The van der Waals surface area contributed by atoms with Gasteiger partial charge in [-0.1, -0.05) is 0 Å². The Labute approximate surface area is 86.2 Å². The number of carbonyl (C=O) groups is 2. The van der Waals surface area contributed by atoms with Gasteiger partial charge in [-0.3, -0.25) is 0 Å². The van der Waals surface area contributed by atoms with Gasteiger partial charge in [-0.05, 0) is 13.0 Å². The van der Waals surface area contributed by atoms with E-state index < -0.39 is 12.0 Å². The van der Waals surface area contributed by atoms with E-state index in [1.54, 1.807) is 13.0 Å². The molecule has 1 heterocycles. The minimum absolute atomic E-state index is 0.139. The van der Waals surface area contributed by atoms with E-state index in [0.717, 1.165) is 0 Å². The number of hydrogen-bond acceptors (Lipinski definition) is 4. The van der Waals surface area contributed by atoms with Crippen molar-refractivity contribution in [2.75, 3.05) is 6.61 Å². The van der Waals surface area contributed by atoms with Crippen molar-refractivity contribution in [1.82, 2.24) is 10.6 Å². The van der Waals surface area contributed by atoms with Crippen LogP contribution in [0.25, 0.3) is 0 Å². The molecule has 78 valence electrons. The molecule has 15 heavy (non-hydrogen) atoms. The zero-order valence-electron chi connectivity index (χ0n) is 8.03. The lowest BCUT2D eigenvalue weighted by atomic mass is 10.2. The molecule has 0 unspecified atom stereocenters. The standard InChI is InChI=1S/C9H9N3O3/c1-2-15-8(13)6(5-10)7-3-4-11-9(14)12-7/h3-4H,2H2,1H3,(H2,11,12,14)/b7-6+. The second-order valence-electron chi connectivity index (χ2n) is 2.55. The molecule has 0 fully saturated rings. The molecule has 1 aliphatic rings. The van der Waals surface area contributed by atoms with Crippen LogP contribution in [-0.2, 0) is 9.53 Å². The van der Waals surface area contributed by atoms with Gasteiger partial charge in [0.1, 0.15) is 6.07 Å². The van der Waals surface area contributed by atoms with E-state index >= 15 is 0 Å². The molecule has 0 aromatic carbocycles. The summed E-state index contributed by atoms with van der Waals surface area (Å²) in [6.07, 6.45) is 2.75. The predicted octanol–water partition coefficient (Wildman–Crippen LogP) is 0.154. The first kappa shape index (κ1) is 10.8. The number of ether oxygens (including phenoxy) is 1. The van der Waals surface area contributed by atoms with Crippen LogP contribution in [-0.4, -0.2) is 18.6 Å². The Morgan fingerprint density at radius 1 is 1.67 bits per heavy atom. The Morgan fingerprint density at radius 3 is 2.93 bits per heavy atom. The molecule has 0 aromatic heterocycles. The summed E-state index contributed by atoms with van der Waals surface area (Å²) < 4.78 is 4.66. The first-order valence-electron chi connectivity index (χ1n) is 4.24. The van der Waals surface area contributed by atoms with Gasteiger partial charge in [0.25, 0.3) is 0 Å². The van der Waals surface area contributed by atoms with E-state index in [9.17, 15) is 9.59 Å². The molecule has 2 amide bonds. The molecule has 0 atom stereocenters. The first-order valence-corrected chi connectivity index (χ1v) is 4.24. The molecule has 6 nitrogen and oxygen atoms in total. The van der Waals surface area contributed by atoms with Crippen molar-refractivity contribution < 1.29 is 14.3 Å². The van der Waals surface area contributed by atoms with Crippen molar-refractivity contribution in [2.45, 2.75) is 6.92 Å². The fourth-order valence-electron chi connectivity index (χ4n) is 0.966. The van der Waals surface area contributed by atoms with Gasteiger partial charge in [0.15, 0.2) is 5.57 Å². The number of carbonyl (C=O) groups excluding carboxylic acids is 2. The third kappa shape index (κ3) is 2.57. The maximum atomic E-state index is 11.3. The van der Waals surface area contributed by atoms with Crippen LogP contribution < -0.4 is 10.6 Å². The zero-order chi connectivity index (χ0) is 11.3. The van der Waals surface area contributed by atoms with Crippen LogP contribution in [0, 0.1) is 11.3 Å². The molecule has 0 radical (unpaired) electrons. The number of nitrogens with zero attached hydrogens (tertiary/aromatic N) is 1. The number of amides is 2. The van der Waals surface area contributed by atoms with E-state index in [2.05, 4.69) is 15.4 Å². The van der Waals surface area contributed by atoms with Gasteiger partial charge >= 0.3 is 12.0 Å². The fourth-order valence-corrected chi connectivity index (χ4v) is 0.966. The predicted molar refractivity (Wildman–Crippen MR) is 50.1 cm³/mol. The lowest BCUT2D eigenvalue weighted by Gasteiger charge is -2.12. The first-order chi connectivity index (χ1) is 7.19. The van der Waals surface area contributed by atoms with Crippen LogP contribution in [0.2, 0.25) is 0 Å². The van der Waals surface area contributed by atoms with Gasteiger partial charge < -0.3 is 15.4 Å². The Hall–Kier alpha value is -2.29. The van der Waals surface area contributed by atoms with Crippen molar-refractivity contribution >= 4 is 12.0 Å². The Morgan fingerprint density at radius 2 is 2.40 bits per heavy atom. The molecule has 1 aliphatic heterocycles. The number of urea groups is 1. The van der Waals surface area contributed by atoms with Crippen LogP contribution in [0.3, 0.4) is 0 Å². The van der Waals surface area contributed by atoms with E-state index in [4.69, 9.17) is 5.26 Å². The SMILES string of the molecule is CCOC(=O)/C(C#N)=C1\C=CNC(=O)N1. The summed E-state index contributed by atoms with van der Waals surface area (Å²) in [5.41, 5.74) is -0.0809. The maximum absolute atomic E-state index is 11.3. The van der Waals surface area contributed by atoms with Crippen molar-refractivity contribution in [1.29, 1.82) is 5.26 Å². The van der Waals surface area contributed by atoms with E-state index in [0.29, 0.717) is 0 Å². The van der Waals surface area contributed by atoms with Gasteiger partial charge in [0, 0.05) is 6.20 Å². The van der Waals surface area contributed by atoms with Gasteiger partial charge in [0.05, 0.1) is 12.3 Å². The van der Waals surface area contributed by atoms with Gasteiger partial charge in [0.2, 0.25) is 0 Å².